The van der Waals surface area contributed by atoms with Crippen LogP contribution in [0.1, 0.15) is 25.7 Å². The number of anilines is 1. The first kappa shape index (κ1) is 15.0. The highest BCUT2D eigenvalue weighted by Gasteiger charge is 2.37. The molecule has 0 spiro atoms. The average molecular weight is 308 g/mol. The Morgan fingerprint density at radius 1 is 1.45 bits per heavy atom. The minimum atomic E-state index is -1.36. The molecule has 1 amide bonds. The lowest BCUT2D eigenvalue weighted by molar-refractivity contribution is -0.123. The van der Waals surface area contributed by atoms with E-state index in [1.54, 1.807) is 7.05 Å². The standard InChI is InChI=1S/C15H21FN4O2/c1-19-10-18-12(8-13(19)21)20-6-4-15(16,5-7-20)9-17-14(22)11-2-3-11/h8,10-11H,2-7,9H2,1H3,(H,17,22). The molecule has 3 rings (SSSR count). The van der Waals surface area contributed by atoms with Crippen LogP contribution in [0.4, 0.5) is 10.2 Å². The average Bonchev–Trinajstić information content (AvgIpc) is 3.33. The number of aromatic nitrogens is 2. The molecule has 0 atom stereocenters. The number of amides is 1. The van der Waals surface area contributed by atoms with E-state index < -0.39 is 5.67 Å². The van der Waals surface area contributed by atoms with Crippen molar-refractivity contribution in [2.24, 2.45) is 13.0 Å². The number of aryl methyl sites for hydroxylation is 1. The van der Waals surface area contributed by atoms with Crippen LogP contribution < -0.4 is 15.8 Å². The molecule has 22 heavy (non-hydrogen) atoms. The van der Waals surface area contributed by atoms with E-state index in [2.05, 4.69) is 10.3 Å². The highest BCUT2D eigenvalue weighted by molar-refractivity contribution is 5.80. The SMILES string of the molecule is Cn1cnc(N2CCC(F)(CNC(=O)C3CC3)CC2)cc1=O. The summed E-state index contributed by atoms with van der Waals surface area (Å²) < 4.78 is 16.1. The van der Waals surface area contributed by atoms with Gasteiger partial charge in [0.1, 0.15) is 11.5 Å². The molecule has 6 nitrogen and oxygen atoms in total. The van der Waals surface area contributed by atoms with Crippen LogP contribution in [0.3, 0.4) is 0 Å². The minimum absolute atomic E-state index is 0.0207. The highest BCUT2D eigenvalue weighted by atomic mass is 19.1. The van der Waals surface area contributed by atoms with E-state index in [1.165, 1.54) is 17.0 Å². The molecule has 0 radical (unpaired) electrons. The van der Waals surface area contributed by atoms with Crippen LogP contribution in [0, 0.1) is 5.92 Å². The van der Waals surface area contributed by atoms with Crippen LogP contribution in [0.5, 0.6) is 0 Å². The van der Waals surface area contributed by atoms with Gasteiger partial charge >= 0.3 is 0 Å². The Morgan fingerprint density at radius 3 is 2.73 bits per heavy atom. The quantitative estimate of drug-likeness (QED) is 0.885. The Morgan fingerprint density at radius 2 is 2.14 bits per heavy atom. The summed E-state index contributed by atoms with van der Waals surface area (Å²) in [5.74, 6) is 0.674. The summed E-state index contributed by atoms with van der Waals surface area (Å²) in [7, 11) is 1.64. The summed E-state index contributed by atoms with van der Waals surface area (Å²) in [4.78, 5) is 29.4. The number of alkyl halides is 1. The van der Waals surface area contributed by atoms with Gasteiger partial charge in [0.2, 0.25) is 5.91 Å². The van der Waals surface area contributed by atoms with Crippen LogP contribution in [-0.2, 0) is 11.8 Å². The van der Waals surface area contributed by atoms with E-state index in [0.717, 1.165) is 12.8 Å². The van der Waals surface area contributed by atoms with Gasteiger partial charge in [-0.05, 0) is 12.8 Å². The Balaban J connectivity index is 1.55. The van der Waals surface area contributed by atoms with Gasteiger partial charge in [-0.3, -0.25) is 9.59 Å². The fourth-order valence-electron chi connectivity index (χ4n) is 2.67. The molecular formula is C15H21FN4O2. The predicted octanol–water partition coefficient (Wildman–Crippen LogP) is 0.615. The third-order valence-corrected chi connectivity index (χ3v) is 4.47. The highest BCUT2D eigenvalue weighted by Crippen LogP contribution is 2.31. The summed E-state index contributed by atoms with van der Waals surface area (Å²) in [6.07, 6.45) is 3.98. The van der Waals surface area contributed by atoms with E-state index in [0.29, 0.717) is 31.7 Å². The van der Waals surface area contributed by atoms with Crippen molar-refractivity contribution in [2.45, 2.75) is 31.4 Å². The number of halogens is 1. The van der Waals surface area contributed by atoms with Crippen molar-refractivity contribution in [2.75, 3.05) is 24.5 Å². The zero-order valence-corrected chi connectivity index (χ0v) is 12.7. The van der Waals surface area contributed by atoms with Crippen molar-refractivity contribution >= 4 is 11.7 Å². The van der Waals surface area contributed by atoms with Gasteiger partial charge in [0.25, 0.3) is 5.56 Å². The molecule has 0 aromatic carbocycles. The number of rotatable bonds is 4. The van der Waals surface area contributed by atoms with Gasteiger partial charge in [0.05, 0.1) is 12.9 Å². The molecule has 120 valence electrons. The van der Waals surface area contributed by atoms with Crippen molar-refractivity contribution < 1.29 is 9.18 Å². The van der Waals surface area contributed by atoms with Gasteiger partial charge in [0, 0.05) is 45.0 Å². The maximum Gasteiger partial charge on any atom is 0.255 e. The first-order chi connectivity index (χ1) is 10.5. The summed E-state index contributed by atoms with van der Waals surface area (Å²) in [6.45, 7) is 1.08. The molecule has 2 aliphatic rings. The predicted molar refractivity (Wildman–Crippen MR) is 80.5 cm³/mol. The molecule has 1 aliphatic carbocycles. The van der Waals surface area contributed by atoms with Gasteiger partial charge < -0.3 is 14.8 Å². The summed E-state index contributed by atoms with van der Waals surface area (Å²) in [5, 5.41) is 2.72. The summed E-state index contributed by atoms with van der Waals surface area (Å²) in [5.41, 5.74) is -1.49. The zero-order chi connectivity index (χ0) is 15.7. The largest absolute Gasteiger partial charge is 0.356 e. The minimum Gasteiger partial charge on any atom is -0.356 e. The number of carbonyl (C=O) groups excluding carboxylic acids is 1. The molecule has 2 fully saturated rings. The molecular weight excluding hydrogens is 287 g/mol. The second-order valence-corrected chi connectivity index (χ2v) is 6.33. The van der Waals surface area contributed by atoms with Gasteiger partial charge in [-0.15, -0.1) is 0 Å². The Hall–Kier alpha value is -1.92. The second kappa shape index (κ2) is 5.70. The normalized spacial score (nSPS) is 20.7. The lowest BCUT2D eigenvalue weighted by Crippen LogP contribution is -2.49. The number of piperidine rings is 1. The lowest BCUT2D eigenvalue weighted by Gasteiger charge is -2.37. The smallest absolute Gasteiger partial charge is 0.255 e. The Labute approximate surface area is 128 Å². The van der Waals surface area contributed by atoms with Crippen molar-refractivity contribution in [1.29, 1.82) is 0 Å². The third-order valence-electron chi connectivity index (χ3n) is 4.47. The number of nitrogens with one attached hydrogen (secondary N) is 1. The molecule has 1 saturated carbocycles. The first-order valence-corrected chi connectivity index (χ1v) is 7.71. The van der Waals surface area contributed by atoms with E-state index >= 15 is 0 Å². The van der Waals surface area contributed by atoms with Crippen molar-refractivity contribution in [3.8, 4) is 0 Å². The maximum atomic E-state index is 14.7. The van der Waals surface area contributed by atoms with Gasteiger partial charge in [-0.1, -0.05) is 0 Å². The van der Waals surface area contributed by atoms with Crippen LogP contribution in [-0.4, -0.2) is 40.8 Å². The summed E-state index contributed by atoms with van der Waals surface area (Å²) >= 11 is 0. The van der Waals surface area contributed by atoms with Crippen molar-refractivity contribution in [3.63, 3.8) is 0 Å². The van der Waals surface area contributed by atoms with Crippen LogP contribution in [0.2, 0.25) is 0 Å². The summed E-state index contributed by atoms with van der Waals surface area (Å²) in [6, 6.07) is 1.47. The molecule has 7 heteroatoms. The number of hydrogen-bond donors (Lipinski definition) is 1. The number of nitrogens with zero attached hydrogens (tertiary/aromatic N) is 3. The number of carbonyl (C=O) groups is 1. The first-order valence-electron chi connectivity index (χ1n) is 7.71. The third kappa shape index (κ3) is 3.28. The zero-order valence-electron chi connectivity index (χ0n) is 12.7. The van der Waals surface area contributed by atoms with E-state index in [9.17, 15) is 14.0 Å². The van der Waals surface area contributed by atoms with Gasteiger partial charge in [0.15, 0.2) is 0 Å². The van der Waals surface area contributed by atoms with Crippen molar-refractivity contribution in [3.05, 3.63) is 22.7 Å². The van der Waals surface area contributed by atoms with E-state index in [4.69, 9.17) is 0 Å². The van der Waals surface area contributed by atoms with E-state index in [-0.39, 0.29) is 23.9 Å². The topological polar surface area (TPSA) is 67.2 Å². The molecule has 0 bridgehead atoms. The molecule has 1 saturated heterocycles. The van der Waals surface area contributed by atoms with Crippen molar-refractivity contribution in [1.82, 2.24) is 14.9 Å². The van der Waals surface area contributed by atoms with Gasteiger partial charge in [-0.25, -0.2) is 9.37 Å². The molecule has 1 N–H and O–H groups in total. The number of hydrogen-bond acceptors (Lipinski definition) is 4. The molecule has 1 aromatic heterocycles. The van der Waals surface area contributed by atoms with Crippen LogP contribution in [0.25, 0.3) is 0 Å². The fourth-order valence-corrected chi connectivity index (χ4v) is 2.67. The van der Waals surface area contributed by atoms with E-state index in [1.807, 2.05) is 4.90 Å². The maximum absolute atomic E-state index is 14.7. The Kier molecular flexibility index (Phi) is 3.88. The van der Waals surface area contributed by atoms with Gasteiger partial charge in [-0.2, -0.15) is 0 Å². The lowest BCUT2D eigenvalue weighted by atomic mass is 9.93. The van der Waals surface area contributed by atoms with Crippen LogP contribution in [0.15, 0.2) is 17.2 Å². The van der Waals surface area contributed by atoms with Crippen LogP contribution >= 0.6 is 0 Å². The fraction of sp³-hybridized carbons (Fsp3) is 0.667. The molecule has 0 unspecified atom stereocenters. The molecule has 1 aromatic rings. The monoisotopic (exact) mass is 308 g/mol. The second-order valence-electron chi connectivity index (χ2n) is 6.33. The Bertz CT molecular complexity index is 618. The molecule has 1 aliphatic heterocycles. The molecule has 2 heterocycles.